The van der Waals surface area contributed by atoms with Crippen molar-refractivity contribution in [3.63, 3.8) is 0 Å². The molecule has 1 aromatic carbocycles. The molecular formula is C36H59N3O4. The Bertz CT molecular complexity index is 1000. The van der Waals surface area contributed by atoms with Gasteiger partial charge < -0.3 is 25.4 Å². The predicted octanol–water partition coefficient (Wildman–Crippen LogP) is 8.53. The van der Waals surface area contributed by atoms with Gasteiger partial charge in [0.1, 0.15) is 6.10 Å². The van der Waals surface area contributed by atoms with Gasteiger partial charge in [-0.05, 0) is 70.6 Å². The lowest BCUT2D eigenvalue weighted by Crippen LogP contribution is -2.56. The summed E-state index contributed by atoms with van der Waals surface area (Å²) < 4.78 is 11.6. The van der Waals surface area contributed by atoms with Crippen LogP contribution >= 0.6 is 0 Å². The molecule has 1 saturated heterocycles. The molecule has 0 bridgehead atoms. The zero-order valence-electron chi connectivity index (χ0n) is 27.6. The fourth-order valence-corrected chi connectivity index (χ4v) is 4.99. The zero-order chi connectivity index (χ0) is 31.4. The Hall–Kier alpha value is -2.64. The van der Waals surface area contributed by atoms with Crippen LogP contribution < -0.4 is 16.0 Å². The minimum atomic E-state index is -0.809. The second kappa shape index (κ2) is 20.3. The Morgan fingerprint density at radius 2 is 1.51 bits per heavy atom. The SMILES string of the molecule is CCCCCC=CCC=CCCCCCCCCNc1cccc(NC(=O)CCNC(=O)C2OC(C)(C)OCC2(C)C)c1. The number of ether oxygens (including phenoxy) is 2. The van der Waals surface area contributed by atoms with E-state index >= 15 is 0 Å². The first-order chi connectivity index (χ1) is 20.6. The average Bonchev–Trinajstić information content (AvgIpc) is 2.96. The Morgan fingerprint density at radius 1 is 0.860 bits per heavy atom. The van der Waals surface area contributed by atoms with E-state index in [0.29, 0.717) is 6.61 Å². The number of hydrogen-bond donors (Lipinski definition) is 3. The summed E-state index contributed by atoms with van der Waals surface area (Å²) in [5, 5.41) is 9.25. The van der Waals surface area contributed by atoms with E-state index in [9.17, 15) is 9.59 Å². The second-order valence-electron chi connectivity index (χ2n) is 12.9. The van der Waals surface area contributed by atoms with Gasteiger partial charge in [-0.2, -0.15) is 0 Å². The van der Waals surface area contributed by atoms with Crippen molar-refractivity contribution in [2.45, 2.75) is 130 Å². The Balaban J connectivity index is 1.52. The molecule has 7 nitrogen and oxygen atoms in total. The van der Waals surface area contributed by atoms with Crippen molar-refractivity contribution in [1.29, 1.82) is 0 Å². The molecule has 0 saturated carbocycles. The van der Waals surface area contributed by atoms with E-state index in [1.807, 2.05) is 38.1 Å². The van der Waals surface area contributed by atoms with Crippen LogP contribution in [0, 0.1) is 5.41 Å². The second-order valence-corrected chi connectivity index (χ2v) is 12.9. The van der Waals surface area contributed by atoms with Crippen LogP contribution in [-0.2, 0) is 19.1 Å². The first-order valence-corrected chi connectivity index (χ1v) is 16.7. The predicted molar refractivity (Wildman–Crippen MR) is 179 cm³/mol. The number of carbonyl (C=O) groups is 2. The van der Waals surface area contributed by atoms with Gasteiger partial charge in [-0.1, -0.05) is 89.7 Å². The van der Waals surface area contributed by atoms with E-state index < -0.39 is 17.3 Å². The van der Waals surface area contributed by atoms with Gasteiger partial charge in [-0.3, -0.25) is 9.59 Å². The molecule has 0 spiro atoms. The van der Waals surface area contributed by atoms with Crippen LogP contribution in [0.1, 0.15) is 118 Å². The summed E-state index contributed by atoms with van der Waals surface area (Å²) in [6, 6.07) is 7.78. The molecule has 242 valence electrons. The topological polar surface area (TPSA) is 88.7 Å². The number of allylic oxidation sites excluding steroid dienone is 4. The summed E-state index contributed by atoms with van der Waals surface area (Å²) in [4.78, 5) is 25.2. The molecule has 1 aromatic rings. The van der Waals surface area contributed by atoms with Crippen LogP contribution in [-0.4, -0.2) is 43.4 Å². The van der Waals surface area contributed by atoms with Gasteiger partial charge >= 0.3 is 0 Å². The molecule has 0 aromatic heterocycles. The molecule has 1 atom stereocenters. The van der Waals surface area contributed by atoms with E-state index in [0.717, 1.165) is 30.8 Å². The van der Waals surface area contributed by atoms with Crippen molar-refractivity contribution < 1.29 is 19.1 Å². The molecule has 2 rings (SSSR count). The Morgan fingerprint density at radius 3 is 2.23 bits per heavy atom. The van der Waals surface area contributed by atoms with Gasteiger partial charge in [0.15, 0.2) is 5.79 Å². The van der Waals surface area contributed by atoms with Gasteiger partial charge in [-0.15, -0.1) is 0 Å². The molecular weight excluding hydrogens is 538 g/mol. The van der Waals surface area contributed by atoms with Crippen molar-refractivity contribution in [2.24, 2.45) is 5.41 Å². The number of rotatable bonds is 21. The molecule has 3 N–H and O–H groups in total. The smallest absolute Gasteiger partial charge is 0.249 e. The van der Waals surface area contributed by atoms with Gasteiger partial charge in [0.05, 0.1) is 6.61 Å². The standard InChI is InChI=1S/C36H59N3O4/c1-6-7-8-9-10-11-12-13-14-15-16-17-18-19-20-21-26-37-30-23-22-24-31(28-30)39-32(40)25-27-38-34(41)33-35(2,3)29-42-36(4,5)43-33/h10-11,13-14,22-24,28,33,37H,6-9,12,15-21,25-27,29H2,1-5H3,(H,38,41)(H,39,40). The maximum absolute atomic E-state index is 12.7. The summed E-state index contributed by atoms with van der Waals surface area (Å²) in [5.41, 5.74) is 1.29. The van der Waals surface area contributed by atoms with Crippen molar-refractivity contribution in [1.82, 2.24) is 5.32 Å². The van der Waals surface area contributed by atoms with Gasteiger partial charge in [0.25, 0.3) is 0 Å². The van der Waals surface area contributed by atoms with Crippen molar-refractivity contribution in [3.05, 3.63) is 48.6 Å². The molecule has 1 fully saturated rings. The average molecular weight is 598 g/mol. The van der Waals surface area contributed by atoms with Gasteiger partial charge in [0, 0.05) is 36.3 Å². The summed E-state index contributed by atoms with van der Waals surface area (Å²) in [7, 11) is 0. The first-order valence-electron chi connectivity index (χ1n) is 16.7. The lowest BCUT2D eigenvalue weighted by molar-refractivity contribution is -0.304. The number of hydrogen-bond acceptors (Lipinski definition) is 5. The van der Waals surface area contributed by atoms with Crippen molar-refractivity contribution >= 4 is 23.2 Å². The van der Waals surface area contributed by atoms with E-state index in [1.165, 1.54) is 64.2 Å². The quantitative estimate of drug-likeness (QED) is 0.0976. The highest BCUT2D eigenvalue weighted by atomic mass is 16.7. The molecule has 43 heavy (non-hydrogen) atoms. The summed E-state index contributed by atoms with van der Waals surface area (Å²) in [5.74, 6) is -1.17. The molecule has 2 amide bonds. The van der Waals surface area contributed by atoms with E-state index in [1.54, 1.807) is 13.8 Å². The van der Waals surface area contributed by atoms with Crippen LogP contribution in [0.15, 0.2) is 48.6 Å². The van der Waals surface area contributed by atoms with E-state index in [-0.39, 0.29) is 24.8 Å². The van der Waals surface area contributed by atoms with Crippen LogP contribution in [0.4, 0.5) is 11.4 Å². The van der Waals surface area contributed by atoms with Gasteiger partial charge in [0.2, 0.25) is 11.8 Å². The highest BCUT2D eigenvalue weighted by Crippen LogP contribution is 2.34. The maximum atomic E-state index is 12.7. The third kappa shape index (κ3) is 16.1. The fraction of sp³-hybridized carbons (Fsp3) is 0.667. The number of carbonyl (C=O) groups excluding carboxylic acids is 2. The first kappa shape index (κ1) is 36.6. The fourth-order valence-electron chi connectivity index (χ4n) is 4.99. The summed E-state index contributed by atoms with van der Waals surface area (Å²) in [6.07, 6.45) is 23.7. The number of unbranched alkanes of at least 4 members (excludes halogenated alkanes) is 9. The van der Waals surface area contributed by atoms with Crippen molar-refractivity contribution in [2.75, 3.05) is 30.3 Å². The third-order valence-electron chi connectivity index (χ3n) is 7.65. The number of anilines is 2. The highest BCUT2D eigenvalue weighted by Gasteiger charge is 2.45. The normalized spacial score (nSPS) is 17.7. The summed E-state index contributed by atoms with van der Waals surface area (Å²) >= 11 is 0. The molecule has 1 aliphatic rings. The Kier molecular flexibility index (Phi) is 17.3. The van der Waals surface area contributed by atoms with Crippen LogP contribution in [0.25, 0.3) is 0 Å². The largest absolute Gasteiger partial charge is 0.385 e. The minimum absolute atomic E-state index is 0.143. The maximum Gasteiger partial charge on any atom is 0.249 e. The highest BCUT2D eigenvalue weighted by molar-refractivity contribution is 5.91. The Labute approximate surface area is 261 Å². The summed E-state index contributed by atoms with van der Waals surface area (Å²) in [6.45, 7) is 11.3. The van der Waals surface area contributed by atoms with Crippen LogP contribution in [0.3, 0.4) is 0 Å². The molecule has 1 aliphatic heterocycles. The van der Waals surface area contributed by atoms with Crippen LogP contribution in [0.5, 0.6) is 0 Å². The lowest BCUT2D eigenvalue weighted by Gasteiger charge is -2.44. The van der Waals surface area contributed by atoms with Crippen LogP contribution in [0.2, 0.25) is 0 Å². The molecule has 0 aliphatic carbocycles. The van der Waals surface area contributed by atoms with E-state index in [2.05, 4.69) is 47.2 Å². The molecule has 1 unspecified atom stereocenters. The minimum Gasteiger partial charge on any atom is -0.385 e. The van der Waals surface area contributed by atoms with Gasteiger partial charge in [-0.25, -0.2) is 0 Å². The molecule has 0 radical (unpaired) electrons. The molecule has 7 heteroatoms. The lowest BCUT2D eigenvalue weighted by atomic mass is 9.85. The molecule has 1 heterocycles. The zero-order valence-corrected chi connectivity index (χ0v) is 27.6. The monoisotopic (exact) mass is 597 g/mol. The van der Waals surface area contributed by atoms with Crippen molar-refractivity contribution in [3.8, 4) is 0 Å². The number of benzene rings is 1. The number of nitrogens with one attached hydrogen (secondary N) is 3. The third-order valence-corrected chi connectivity index (χ3v) is 7.65. The number of amides is 2. The van der Waals surface area contributed by atoms with E-state index in [4.69, 9.17) is 9.47 Å².